The zero-order valence-electron chi connectivity index (χ0n) is 15.0. The molecule has 2 fully saturated rings. The van der Waals surface area contributed by atoms with Gasteiger partial charge in [0.15, 0.2) is 0 Å². The largest absolute Gasteiger partial charge is 0.339 e. The fourth-order valence-corrected chi connectivity index (χ4v) is 4.86. The molecule has 0 bridgehead atoms. The average molecular weight is 341 g/mol. The third-order valence-electron chi connectivity index (χ3n) is 6.16. The summed E-state index contributed by atoms with van der Waals surface area (Å²) < 4.78 is 3.41. The van der Waals surface area contributed by atoms with Gasteiger partial charge < -0.3 is 4.90 Å². The molecule has 5 nitrogen and oxygen atoms in total. The second-order valence-electron chi connectivity index (χ2n) is 7.57. The number of carbonyl (C=O) groups excluding carboxylic acids is 1. The topological polar surface area (TPSA) is 47.2 Å². The molecule has 1 saturated carbocycles. The van der Waals surface area contributed by atoms with Crippen molar-refractivity contribution in [2.75, 3.05) is 6.54 Å². The van der Waals surface area contributed by atoms with Crippen molar-refractivity contribution in [3.63, 3.8) is 0 Å². The summed E-state index contributed by atoms with van der Waals surface area (Å²) in [5.74, 6) is 0.920. The number of imidazole rings is 1. The standard InChI is InChI=1S/C20H27N3O2/c1-21-17-10-4-5-11-18(17)23(20(21)25)14-12-19(24)22-13-6-8-15-7-2-3-9-16(15)22/h4-5,10-11,15-16H,2-3,6-9,12-14H2,1H3. The zero-order chi connectivity index (χ0) is 17.4. The van der Waals surface area contributed by atoms with Gasteiger partial charge in [0.1, 0.15) is 0 Å². The number of aromatic nitrogens is 2. The minimum absolute atomic E-state index is 0.0387. The van der Waals surface area contributed by atoms with Crippen LogP contribution in [0.25, 0.3) is 11.0 Å². The third kappa shape index (κ3) is 2.90. The van der Waals surface area contributed by atoms with Gasteiger partial charge in [-0.25, -0.2) is 4.79 Å². The molecule has 0 spiro atoms. The van der Waals surface area contributed by atoms with Gasteiger partial charge in [0.25, 0.3) is 0 Å². The van der Waals surface area contributed by atoms with E-state index in [1.54, 1.807) is 16.2 Å². The molecule has 2 aromatic rings. The van der Waals surface area contributed by atoms with Crippen molar-refractivity contribution >= 4 is 16.9 Å². The predicted molar refractivity (Wildman–Crippen MR) is 98.5 cm³/mol. The number of fused-ring (bicyclic) bond motifs is 2. The molecule has 2 unspecified atom stereocenters. The molecule has 4 rings (SSSR count). The molecule has 1 aromatic heterocycles. The molecular weight excluding hydrogens is 314 g/mol. The van der Waals surface area contributed by atoms with Crippen molar-refractivity contribution in [1.82, 2.24) is 14.0 Å². The van der Waals surface area contributed by atoms with E-state index in [4.69, 9.17) is 0 Å². The number of amides is 1. The molecule has 2 aliphatic rings. The molecule has 1 aliphatic carbocycles. The Balaban J connectivity index is 1.51. The van der Waals surface area contributed by atoms with Gasteiger partial charge in [-0.05, 0) is 43.7 Å². The smallest absolute Gasteiger partial charge is 0.328 e. The van der Waals surface area contributed by atoms with Crippen molar-refractivity contribution in [3.8, 4) is 0 Å². The first-order chi connectivity index (χ1) is 12.2. The van der Waals surface area contributed by atoms with Crippen LogP contribution in [0.15, 0.2) is 29.1 Å². The van der Waals surface area contributed by atoms with Gasteiger partial charge in [0.2, 0.25) is 5.91 Å². The molecule has 1 aromatic carbocycles. The lowest BCUT2D eigenvalue weighted by Crippen LogP contribution is -2.49. The maximum atomic E-state index is 12.9. The first-order valence-electron chi connectivity index (χ1n) is 9.60. The molecule has 2 heterocycles. The minimum Gasteiger partial charge on any atom is -0.339 e. The third-order valence-corrected chi connectivity index (χ3v) is 6.16. The fraction of sp³-hybridized carbons (Fsp3) is 0.600. The van der Waals surface area contributed by atoms with Crippen LogP contribution in [-0.4, -0.2) is 32.5 Å². The number of likely N-dealkylation sites (tertiary alicyclic amines) is 1. The Morgan fingerprint density at radius 2 is 1.80 bits per heavy atom. The van der Waals surface area contributed by atoms with E-state index < -0.39 is 0 Å². The molecule has 5 heteroatoms. The highest BCUT2D eigenvalue weighted by atomic mass is 16.2. The first-order valence-corrected chi connectivity index (χ1v) is 9.60. The van der Waals surface area contributed by atoms with Gasteiger partial charge in [-0.1, -0.05) is 25.0 Å². The summed E-state index contributed by atoms with van der Waals surface area (Å²) in [6.07, 6.45) is 7.81. The van der Waals surface area contributed by atoms with E-state index in [9.17, 15) is 9.59 Å². The average Bonchev–Trinajstić information content (AvgIpc) is 2.90. The molecule has 1 amide bonds. The second-order valence-corrected chi connectivity index (χ2v) is 7.57. The number of hydrogen-bond acceptors (Lipinski definition) is 2. The van der Waals surface area contributed by atoms with Crippen LogP contribution in [0.2, 0.25) is 0 Å². The lowest BCUT2D eigenvalue weighted by Gasteiger charge is -2.44. The summed E-state index contributed by atoms with van der Waals surface area (Å²) in [6.45, 7) is 1.36. The SMILES string of the molecule is Cn1c(=O)n(CCC(=O)N2CCCC3CCCCC32)c2ccccc21. The molecule has 0 radical (unpaired) electrons. The van der Waals surface area contributed by atoms with E-state index in [1.165, 1.54) is 25.7 Å². The molecule has 2 atom stereocenters. The highest BCUT2D eigenvalue weighted by Gasteiger charge is 2.35. The van der Waals surface area contributed by atoms with Crippen molar-refractivity contribution in [1.29, 1.82) is 0 Å². The van der Waals surface area contributed by atoms with Crippen LogP contribution in [0.4, 0.5) is 0 Å². The van der Waals surface area contributed by atoms with Crippen LogP contribution in [-0.2, 0) is 18.4 Å². The van der Waals surface area contributed by atoms with E-state index in [-0.39, 0.29) is 11.6 Å². The highest BCUT2D eigenvalue weighted by molar-refractivity contribution is 5.78. The summed E-state index contributed by atoms with van der Waals surface area (Å²) in [5, 5.41) is 0. The summed E-state index contributed by atoms with van der Waals surface area (Å²) in [5.41, 5.74) is 1.80. The second kappa shape index (κ2) is 6.70. The quantitative estimate of drug-likeness (QED) is 0.862. The Morgan fingerprint density at radius 1 is 1.08 bits per heavy atom. The normalized spacial score (nSPS) is 23.6. The molecule has 134 valence electrons. The van der Waals surface area contributed by atoms with E-state index in [1.807, 2.05) is 24.3 Å². The number of para-hydroxylation sites is 2. The Bertz CT molecular complexity index is 833. The number of piperidine rings is 1. The number of benzene rings is 1. The highest BCUT2D eigenvalue weighted by Crippen LogP contribution is 2.35. The summed E-state index contributed by atoms with van der Waals surface area (Å²) in [4.78, 5) is 27.5. The summed E-state index contributed by atoms with van der Waals surface area (Å²) in [7, 11) is 1.79. The van der Waals surface area contributed by atoms with Gasteiger partial charge in [0.05, 0.1) is 11.0 Å². The van der Waals surface area contributed by atoms with Crippen LogP contribution >= 0.6 is 0 Å². The lowest BCUT2D eigenvalue weighted by molar-refractivity contribution is -0.137. The maximum absolute atomic E-state index is 12.9. The Labute approximate surface area is 148 Å². The van der Waals surface area contributed by atoms with Crippen LogP contribution in [0, 0.1) is 5.92 Å². The maximum Gasteiger partial charge on any atom is 0.328 e. The van der Waals surface area contributed by atoms with Crippen molar-refractivity contribution < 1.29 is 4.79 Å². The number of nitrogens with zero attached hydrogens (tertiary/aromatic N) is 3. The van der Waals surface area contributed by atoms with Crippen LogP contribution in [0.1, 0.15) is 44.9 Å². The van der Waals surface area contributed by atoms with E-state index in [0.717, 1.165) is 30.4 Å². The molecule has 25 heavy (non-hydrogen) atoms. The van der Waals surface area contributed by atoms with E-state index in [0.29, 0.717) is 24.9 Å². The van der Waals surface area contributed by atoms with E-state index >= 15 is 0 Å². The van der Waals surface area contributed by atoms with Crippen molar-refractivity contribution in [2.45, 2.75) is 57.5 Å². The predicted octanol–water partition coefficient (Wildman–Crippen LogP) is 2.91. The van der Waals surface area contributed by atoms with Gasteiger partial charge >= 0.3 is 5.69 Å². The fourth-order valence-electron chi connectivity index (χ4n) is 4.86. The number of rotatable bonds is 3. The zero-order valence-corrected chi connectivity index (χ0v) is 15.0. The Kier molecular flexibility index (Phi) is 4.40. The van der Waals surface area contributed by atoms with Crippen LogP contribution < -0.4 is 5.69 Å². The van der Waals surface area contributed by atoms with E-state index in [2.05, 4.69) is 4.90 Å². The van der Waals surface area contributed by atoms with Crippen LogP contribution in [0.5, 0.6) is 0 Å². The van der Waals surface area contributed by atoms with Crippen molar-refractivity contribution in [2.24, 2.45) is 13.0 Å². The number of hydrogen-bond donors (Lipinski definition) is 0. The molecular formula is C20H27N3O2. The summed E-state index contributed by atoms with van der Waals surface area (Å²) in [6, 6.07) is 8.23. The minimum atomic E-state index is -0.0387. The Morgan fingerprint density at radius 3 is 2.64 bits per heavy atom. The number of aryl methyl sites for hydroxylation is 2. The number of carbonyl (C=O) groups is 1. The first kappa shape index (κ1) is 16.4. The van der Waals surface area contributed by atoms with Gasteiger partial charge in [-0.3, -0.25) is 13.9 Å². The van der Waals surface area contributed by atoms with Gasteiger partial charge in [-0.15, -0.1) is 0 Å². The van der Waals surface area contributed by atoms with Crippen LogP contribution in [0.3, 0.4) is 0 Å². The molecule has 1 aliphatic heterocycles. The molecule has 0 N–H and O–H groups in total. The molecule has 1 saturated heterocycles. The Hall–Kier alpha value is -2.04. The summed E-state index contributed by atoms with van der Waals surface area (Å²) >= 11 is 0. The lowest BCUT2D eigenvalue weighted by atomic mass is 9.78. The van der Waals surface area contributed by atoms with Crippen molar-refractivity contribution in [3.05, 3.63) is 34.7 Å². The monoisotopic (exact) mass is 341 g/mol. The van der Waals surface area contributed by atoms with Gasteiger partial charge in [0, 0.05) is 32.6 Å². The van der Waals surface area contributed by atoms with Gasteiger partial charge in [-0.2, -0.15) is 0 Å².